The molecule has 3 N–H and O–H groups in total. The molecule has 0 radical (unpaired) electrons. The summed E-state index contributed by atoms with van der Waals surface area (Å²) in [5.74, 6) is 4.79. The van der Waals surface area contributed by atoms with Crippen LogP contribution in [0.2, 0.25) is 0 Å². The van der Waals surface area contributed by atoms with E-state index in [1.807, 2.05) is 5.43 Å². The molecule has 84 valence electrons. The molecule has 1 aromatic rings. The highest BCUT2D eigenvalue weighted by Crippen LogP contribution is 2.35. The molecule has 0 bridgehead atoms. The standard InChI is InChI=1S/C8H7N3O5/c9-10-7(12)4-1-2-5-6(3-4)16-8(15-5)11(13)14/h1-3,8H,9H2,(H,10,12). The predicted octanol–water partition coefficient (Wildman–Crippen LogP) is -0.378. The smallest absolute Gasteiger partial charge is 0.394 e. The lowest BCUT2D eigenvalue weighted by Gasteiger charge is -2.00. The van der Waals surface area contributed by atoms with Gasteiger partial charge < -0.3 is 9.47 Å². The van der Waals surface area contributed by atoms with E-state index in [4.69, 9.17) is 15.3 Å². The van der Waals surface area contributed by atoms with E-state index in [2.05, 4.69) is 0 Å². The van der Waals surface area contributed by atoms with Gasteiger partial charge in [-0.2, -0.15) is 0 Å². The van der Waals surface area contributed by atoms with Crippen LogP contribution in [0.1, 0.15) is 10.4 Å². The van der Waals surface area contributed by atoms with Gasteiger partial charge in [-0.3, -0.25) is 20.3 Å². The van der Waals surface area contributed by atoms with Gasteiger partial charge in [0.1, 0.15) is 4.92 Å². The van der Waals surface area contributed by atoms with Gasteiger partial charge in [0.15, 0.2) is 11.5 Å². The number of ether oxygens (including phenoxy) is 2. The van der Waals surface area contributed by atoms with Gasteiger partial charge in [-0.25, -0.2) is 5.84 Å². The fourth-order valence-corrected chi connectivity index (χ4v) is 1.25. The maximum absolute atomic E-state index is 11.2. The van der Waals surface area contributed by atoms with Crippen LogP contribution in [-0.2, 0) is 0 Å². The number of amides is 1. The number of benzene rings is 1. The van der Waals surface area contributed by atoms with Crippen LogP contribution >= 0.6 is 0 Å². The van der Waals surface area contributed by atoms with Crippen LogP contribution in [0.25, 0.3) is 0 Å². The van der Waals surface area contributed by atoms with Crippen molar-refractivity contribution in [1.29, 1.82) is 0 Å². The maximum Gasteiger partial charge on any atom is 0.517 e. The molecule has 1 aliphatic heterocycles. The number of nitrogens with one attached hydrogen (secondary N) is 1. The summed E-state index contributed by atoms with van der Waals surface area (Å²) in [6.45, 7) is 0. The Balaban J connectivity index is 2.27. The van der Waals surface area contributed by atoms with Gasteiger partial charge in [0.2, 0.25) is 0 Å². The first kappa shape index (κ1) is 10.2. The number of nitro groups is 1. The average Bonchev–Trinajstić information content (AvgIpc) is 2.70. The van der Waals surface area contributed by atoms with Crippen molar-refractivity contribution >= 4 is 5.91 Å². The van der Waals surface area contributed by atoms with Crippen molar-refractivity contribution in [3.8, 4) is 11.5 Å². The van der Waals surface area contributed by atoms with Gasteiger partial charge >= 0.3 is 6.41 Å². The van der Waals surface area contributed by atoms with Gasteiger partial charge in [-0.05, 0) is 18.2 Å². The number of nitrogens with two attached hydrogens (primary N) is 1. The van der Waals surface area contributed by atoms with Crippen molar-refractivity contribution in [2.45, 2.75) is 6.41 Å². The summed E-state index contributed by atoms with van der Waals surface area (Å²) in [7, 11) is 0. The van der Waals surface area contributed by atoms with E-state index in [1.54, 1.807) is 0 Å². The highest BCUT2D eigenvalue weighted by atomic mass is 16.8. The third-order valence-electron chi connectivity index (χ3n) is 1.96. The second-order valence-corrected chi connectivity index (χ2v) is 2.96. The molecular weight excluding hydrogens is 218 g/mol. The third-order valence-corrected chi connectivity index (χ3v) is 1.96. The number of carbonyl (C=O) groups is 1. The third kappa shape index (κ3) is 1.61. The lowest BCUT2D eigenvalue weighted by molar-refractivity contribution is -0.600. The van der Waals surface area contributed by atoms with Gasteiger partial charge in [-0.15, -0.1) is 0 Å². The van der Waals surface area contributed by atoms with Crippen LogP contribution in [-0.4, -0.2) is 17.2 Å². The largest absolute Gasteiger partial charge is 0.517 e. The SMILES string of the molecule is NNC(=O)c1ccc2c(c1)OC([N+](=O)[O-])O2. The van der Waals surface area contributed by atoms with Crippen molar-refractivity contribution in [3.05, 3.63) is 33.9 Å². The highest BCUT2D eigenvalue weighted by Gasteiger charge is 2.33. The Morgan fingerprint density at radius 1 is 1.44 bits per heavy atom. The van der Waals surface area contributed by atoms with Crippen LogP contribution in [0.5, 0.6) is 11.5 Å². The minimum Gasteiger partial charge on any atom is -0.394 e. The molecule has 1 aromatic carbocycles. The first-order valence-electron chi connectivity index (χ1n) is 4.23. The van der Waals surface area contributed by atoms with Gasteiger partial charge in [-0.1, -0.05) is 0 Å². The molecule has 0 aromatic heterocycles. The van der Waals surface area contributed by atoms with Crippen molar-refractivity contribution < 1.29 is 19.2 Å². The Morgan fingerprint density at radius 3 is 2.75 bits per heavy atom. The zero-order valence-electron chi connectivity index (χ0n) is 7.88. The fraction of sp³-hybridized carbons (Fsp3) is 0.125. The molecule has 0 aliphatic carbocycles. The van der Waals surface area contributed by atoms with Crippen molar-refractivity contribution in [2.75, 3.05) is 0 Å². The Labute approximate surface area is 89.1 Å². The van der Waals surface area contributed by atoms with E-state index >= 15 is 0 Å². The van der Waals surface area contributed by atoms with E-state index in [1.165, 1.54) is 18.2 Å². The minimum absolute atomic E-state index is 0.141. The molecule has 0 saturated heterocycles. The molecule has 1 amide bonds. The lowest BCUT2D eigenvalue weighted by Crippen LogP contribution is -2.29. The topological polar surface area (TPSA) is 117 Å². The Kier molecular flexibility index (Phi) is 2.33. The Bertz CT molecular complexity index is 461. The molecule has 8 heteroatoms. The van der Waals surface area contributed by atoms with E-state index in [9.17, 15) is 14.9 Å². The number of rotatable bonds is 2. The number of nitrogen functional groups attached to an aromatic ring is 1. The second kappa shape index (κ2) is 3.66. The maximum atomic E-state index is 11.2. The van der Waals surface area contributed by atoms with Crippen molar-refractivity contribution in [2.24, 2.45) is 5.84 Å². The number of hydrogen-bond acceptors (Lipinski definition) is 6. The summed E-state index contributed by atoms with van der Waals surface area (Å²) in [6, 6.07) is 4.15. The molecule has 1 heterocycles. The van der Waals surface area contributed by atoms with Crippen molar-refractivity contribution in [3.63, 3.8) is 0 Å². The Morgan fingerprint density at radius 2 is 2.12 bits per heavy atom. The summed E-state index contributed by atoms with van der Waals surface area (Å²) in [5, 5.41) is 10.4. The fourth-order valence-electron chi connectivity index (χ4n) is 1.25. The Hall–Kier alpha value is -2.35. The van der Waals surface area contributed by atoms with Gasteiger partial charge in [0.25, 0.3) is 5.91 Å². The number of carbonyl (C=O) groups excluding carboxylic acids is 1. The summed E-state index contributed by atoms with van der Waals surface area (Å²) < 4.78 is 9.71. The summed E-state index contributed by atoms with van der Waals surface area (Å²) in [5.41, 5.74) is 2.17. The minimum atomic E-state index is -1.56. The molecule has 0 fully saturated rings. The number of fused-ring (bicyclic) bond motifs is 1. The van der Waals surface area contributed by atoms with Gasteiger partial charge in [0.05, 0.1) is 0 Å². The molecule has 1 atom stereocenters. The number of hydrogen-bond donors (Lipinski definition) is 2. The predicted molar refractivity (Wildman–Crippen MR) is 50.1 cm³/mol. The number of nitrogens with zero attached hydrogens (tertiary/aromatic N) is 1. The summed E-state index contributed by atoms with van der Waals surface area (Å²) in [4.78, 5) is 20.8. The summed E-state index contributed by atoms with van der Waals surface area (Å²) >= 11 is 0. The van der Waals surface area contributed by atoms with E-state index in [0.717, 1.165) is 0 Å². The monoisotopic (exact) mass is 225 g/mol. The zero-order valence-corrected chi connectivity index (χ0v) is 7.88. The van der Waals surface area contributed by atoms with Crippen LogP contribution < -0.4 is 20.7 Å². The highest BCUT2D eigenvalue weighted by molar-refractivity contribution is 5.94. The molecule has 1 unspecified atom stereocenters. The van der Waals surface area contributed by atoms with Crippen LogP contribution in [0.15, 0.2) is 18.2 Å². The first-order valence-corrected chi connectivity index (χ1v) is 4.23. The normalized spacial score (nSPS) is 16.9. The number of hydrazine groups is 1. The van der Waals surface area contributed by atoms with Crippen LogP contribution in [0, 0.1) is 10.1 Å². The van der Waals surface area contributed by atoms with Crippen LogP contribution in [0.4, 0.5) is 0 Å². The molecule has 0 spiro atoms. The molecule has 8 nitrogen and oxygen atoms in total. The summed E-state index contributed by atoms with van der Waals surface area (Å²) in [6.07, 6.45) is -1.56. The lowest BCUT2D eigenvalue weighted by atomic mass is 10.2. The van der Waals surface area contributed by atoms with E-state index < -0.39 is 17.2 Å². The molecular formula is C8H7N3O5. The quantitative estimate of drug-likeness (QED) is 0.306. The van der Waals surface area contributed by atoms with E-state index in [-0.39, 0.29) is 17.1 Å². The van der Waals surface area contributed by atoms with Gasteiger partial charge in [0, 0.05) is 5.56 Å². The first-order chi connectivity index (χ1) is 7.61. The molecule has 2 rings (SSSR count). The van der Waals surface area contributed by atoms with Crippen LogP contribution in [0.3, 0.4) is 0 Å². The second-order valence-electron chi connectivity index (χ2n) is 2.96. The zero-order chi connectivity index (χ0) is 11.7. The molecule has 0 saturated carbocycles. The van der Waals surface area contributed by atoms with Crippen molar-refractivity contribution in [1.82, 2.24) is 5.43 Å². The molecule has 1 aliphatic rings. The van der Waals surface area contributed by atoms with E-state index in [0.29, 0.717) is 0 Å². The molecule has 16 heavy (non-hydrogen) atoms. The average molecular weight is 225 g/mol.